The quantitative estimate of drug-likeness (QED) is 0.422. The molecule has 0 spiro atoms. The molecule has 26 heavy (non-hydrogen) atoms. The first kappa shape index (κ1) is 20.1. The number of benzene rings is 1. The highest BCUT2D eigenvalue weighted by Crippen LogP contribution is 2.48. The molecule has 0 unspecified atom stereocenters. The van der Waals surface area contributed by atoms with Crippen molar-refractivity contribution in [2.75, 3.05) is 33.7 Å². The lowest BCUT2D eigenvalue weighted by molar-refractivity contribution is -0.127. The first-order valence-electron chi connectivity index (χ1n) is 9.06. The van der Waals surface area contributed by atoms with Gasteiger partial charge in [-0.25, -0.2) is 13.8 Å². The molecule has 7 heteroatoms. The highest BCUT2D eigenvalue weighted by Gasteiger charge is 2.46. The van der Waals surface area contributed by atoms with Crippen molar-refractivity contribution in [3.63, 3.8) is 0 Å². The van der Waals surface area contributed by atoms with Crippen LogP contribution in [-0.2, 0) is 10.2 Å². The Bertz CT molecular complexity index is 657. The van der Waals surface area contributed by atoms with E-state index in [-0.39, 0.29) is 17.9 Å². The van der Waals surface area contributed by atoms with Crippen LogP contribution < -0.4 is 10.6 Å². The molecule has 144 valence electrons. The van der Waals surface area contributed by atoms with Crippen LogP contribution in [0.2, 0.25) is 0 Å². The molecule has 0 aromatic heterocycles. The maximum absolute atomic E-state index is 14.1. The minimum atomic E-state index is -0.569. The van der Waals surface area contributed by atoms with Gasteiger partial charge in [-0.1, -0.05) is 19.4 Å². The number of amides is 1. The Morgan fingerprint density at radius 1 is 1.27 bits per heavy atom. The number of nitrogens with one attached hydrogen (secondary N) is 2. The normalized spacial score (nSPS) is 15.5. The molecule has 2 rings (SSSR count). The fourth-order valence-electron chi connectivity index (χ4n) is 2.71. The largest absolute Gasteiger partial charge is 0.356 e. The van der Waals surface area contributed by atoms with Gasteiger partial charge < -0.3 is 15.5 Å². The second kappa shape index (κ2) is 8.96. The summed E-state index contributed by atoms with van der Waals surface area (Å²) < 4.78 is 27.3. The average molecular weight is 366 g/mol. The molecule has 5 nitrogen and oxygen atoms in total. The van der Waals surface area contributed by atoms with Crippen LogP contribution in [0.25, 0.3) is 0 Å². The van der Waals surface area contributed by atoms with Crippen molar-refractivity contribution in [3.05, 3.63) is 35.4 Å². The zero-order valence-corrected chi connectivity index (χ0v) is 15.7. The summed E-state index contributed by atoms with van der Waals surface area (Å²) in [6.07, 6.45) is 3.70. The van der Waals surface area contributed by atoms with E-state index in [1.807, 2.05) is 0 Å². The van der Waals surface area contributed by atoms with Gasteiger partial charge in [-0.2, -0.15) is 0 Å². The maximum atomic E-state index is 14.1. The van der Waals surface area contributed by atoms with Crippen molar-refractivity contribution in [2.24, 2.45) is 4.99 Å². The van der Waals surface area contributed by atoms with Crippen molar-refractivity contribution in [3.8, 4) is 0 Å². The molecule has 0 heterocycles. The maximum Gasteiger partial charge on any atom is 0.243 e. The second-order valence-electron chi connectivity index (χ2n) is 6.99. The minimum Gasteiger partial charge on any atom is -0.356 e. The number of halogens is 2. The van der Waals surface area contributed by atoms with Crippen molar-refractivity contribution < 1.29 is 13.6 Å². The average Bonchev–Trinajstić information content (AvgIpc) is 3.37. The molecule has 0 saturated heterocycles. The Kier molecular flexibility index (Phi) is 6.94. The third-order valence-electron chi connectivity index (χ3n) is 4.64. The molecule has 2 N–H and O–H groups in total. The molecule has 0 atom stereocenters. The topological polar surface area (TPSA) is 56.7 Å². The number of unbranched alkanes of at least 4 members (excludes halogenated alkanes) is 1. The number of carbonyl (C=O) groups excluding carboxylic acids is 1. The van der Waals surface area contributed by atoms with Crippen LogP contribution in [0.4, 0.5) is 8.78 Å². The van der Waals surface area contributed by atoms with Gasteiger partial charge in [-0.3, -0.25) is 4.79 Å². The molecule has 1 saturated carbocycles. The van der Waals surface area contributed by atoms with Gasteiger partial charge in [-0.05, 0) is 30.9 Å². The summed E-state index contributed by atoms with van der Waals surface area (Å²) >= 11 is 0. The van der Waals surface area contributed by atoms with Crippen LogP contribution in [0.5, 0.6) is 0 Å². The summed E-state index contributed by atoms with van der Waals surface area (Å²) in [6, 6.07) is 3.75. The molecule has 1 amide bonds. The third kappa shape index (κ3) is 5.41. The zero-order valence-electron chi connectivity index (χ0n) is 15.7. The van der Waals surface area contributed by atoms with E-state index in [4.69, 9.17) is 0 Å². The fraction of sp³-hybridized carbons (Fsp3) is 0.579. The Morgan fingerprint density at radius 2 is 2.00 bits per heavy atom. The molecular formula is C19H28F2N4O. The molecule has 1 aromatic carbocycles. The number of hydrogen-bond donors (Lipinski definition) is 2. The SMILES string of the molecule is CCCCNC(=NCC(=O)N(C)C)NCC1(c2ccc(F)cc2F)CC1. The monoisotopic (exact) mass is 366 g/mol. The third-order valence-corrected chi connectivity index (χ3v) is 4.64. The van der Waals surface area contributed by atoms with Crippen molar-refractivity contribution in [1.29, 1.82) is 0 Å². The second-order valence-corrected chi connectivity index (χ2v) is 6.99. The summed E-state index contributed by atoms with van der Waals surface area (Å²) in [6.45, 7) is 3.38. The van der Waals surface area contributed by atoms with E-state index in [9.17, 15) is 13.6 Å². The van der Waals surface area contributed by atoms with Crippen LogP contribution in [0.3, 0.4) is 0 Å². The Hall–Kier alpha value is -2.18. The van der Waals surface area contributed by atoms with Crippen LogP contribution in [0.15, 0.2) is 23.2 Å². The summed E-state index contributed by atoms with van der Waals surface area (Å²) in [5.41, 5.74) is 0.194. The predicted molar refractivity (Wildman–Crippen MR) is 99.2 cm³/mol. The van der Waals surface area contributed by atoms with Gasteiger partial charge in [0.1, 0.15) is 18.2 Å². The van der Waals surface area contributed by atoms with Crippen LogP contribution >= 0.6 is 0 Å². The Balaban J connectivity index is 2.03. The molecule has 1 aliphatic rings. The van der Waals surface area contributed by atoms with Crippen molar-refractivity contribution >= 4 is 11.9 Å². The standard InChI is InChI=1S/C19H28F2N4O/c1-4-5-10-22-18(23-12-17(26)25(2)3)24-13-19(8-9-19)15-7-6-14(20)11-16(15)21/h6-7,11H,4-5,8-10,12-13H2,1-3H3,(H2,22,23,24). The summed E-state index contributed by atoms with van der Waals surface area (Å²) in [5, 5.41) is 6.43. The molecule has 0 bridgehead atoms. The van der Waals surface area contributed by atoms with Crippen molar-refractivity contribution in [2.45, 2.75) is 38.0 Å². The lowest BCUT2D eigenvalue weighted by Gasteiger charge is -2.20. The Morgan fingerprint density at radius 3 is 2.58 bits per heavy atom. The molecule has 1 aromatic rings. The van der Waals surface area contributed by atoms with Gasteiger partial charge in [0.25, 0.3) is 0 Å². The van der Waals surface area contributed by atoms with E-state index in [2.05, 4.69) is 22.5 Å². The number of nitrogens with zero attached hydrogens (tertiary/aromatic N) is 2. The fourth-order valence-corrected chi connectivity index (χ4v) is 2.71. The van der Waals surface area contributed by atoms with Crippen LogP contribution in [0, 0.1) is 11.6 Å². The van der Waals surface area contributed by atoms with Gasteiger partial charge in [-0.15, -0.1) is 0 Å². The van der Waals surface area contributed by atoms with E-state index in [0.717, 1.165) is 38.3 Å². The van der Waals surface area contributed by atoms with Crippen LogP contribution in [-0.4, -0.2) is 50.5 Å². The smallest absolute Gasteiger partial charge is 0.243 e. The van der Waals surface area contributed by atoms with Gasteiger partial charge in [0, 0.05) is 38.7 Å². The number of carbonyl (C=O) groups is 1. The highest BCUT2D eigenvalue weighted by molar-refractivity contribution is 5.84. The first-order valence-corrected chi connectivity index (χ1v) is 9.06. The van der Waals surface area contributed by atoms with E-state index < -0.39 is 11.6 Å². The molecule has 1 aliphatic carbocycles. The van der Waals surface area contributed by atoms with Gasteiger partial charge >= 0.3 is 0 Å². The van der Waals surface area contributed by atoms with Gasteiger partial charge in [0.2, 0.25) is 5.91 Å². The highest BCUT2D eigenvalue weighted by atomic mass is 19.1. The molecule has 0 radical (unpaired) electrons. The molecule has 1 fully saturated rings. The lowest BCUT2D eigenvalue weighted by atomic mass is 9.95. The Labute approximate surface area is 153 Å². The van der Waals surface area contributed by atoms with Crippen molar-refractivity contribution in [1.82, 2.24) is 15.5 Å². The van der Waals surface area contributed by atoms with Crippen LogP contribution in [0.1, 0.15) is 38.2 Å². The molecular weight excluding hydrogens is 338 g/mol. The van der Waals surface area contributed by atoms with Gasteiger partial charge in [0.05, 0.1) is 0 Å². The first-order chi connectivity index (χ1) is 12.4. The number of rotatable bonds is 8. The minimum absolute atomic E-state index is 0.0480. The number of guanidine groups is 1. The lowest BCUT2D eigenvalue weighted by Crippen LogP contribution is -2.42. The number of aliphatic imine (C=N–C) groups is 1. The van der Waals surface area contributed by atoms with E-state index in [0.29, 0.717) is 18.1 Å². The number of hydrogen-bond acceptors (Lipinski definition) is 2. The number of likely N-dealkylation sites (N-methyl/N-ethyl adjacent to an activating group) is 1. The summed E-state index contributed by atoms with van der Waals surface area (Å²) in [4.78, 5) is 17.6. The zero-order chi connectivity index (χ0) is 19.2. The summed E-state index contributed by atoms with van der Waals surface area (Å²) in [5.74, 6) is -0.625. The van der Waals surface area contributed by atoms with Gasteiger partial charge in [0.15, 0.2) is 5.96 Å². The van der Waals surface area contributed by atoms with E-state index in [1.54, 1.807) is 14.1 Å². The molecule has 0 aliphatic heterocycles. The predicted octanol–water partition coefficient (Wildman–Crippen LogP) is 2.42. The summed E-state index contributed by atoms with van der Waals surface area (Å²) in [7, 11) is 3.37. The van der Waals surface area contributed by atoms with E-state index in [1.165, 1.54) is 17.0 Å². The van der Waals surface area contributed by atoms with E-state index >= 15 is 0 Å².